The number of amides is 2. The van der Waals surface area contributed by atoms with Crippen molar-refractivity contribution in [3.05, 3.63) is 70.0 Å². The van der Waals surface area contributed by atoms with Gasteiger partial charge in [0.1, 0.15) is 5.82 Å². The second-order valence-electron chi connectivity index (χ2n) is 4.73. The average Bonchev–Trinajstić information content (AvgIpc) is 2.58. The van der Waals surface area contributed by atoms with Crippen molar-refractivity contribution in [3.63, 3.8) is 0 Å². The summed E-state index contributed by atoms with van der Waals surface area (Å²) in [6.45, 7) is 0.0641. The number of nitrogens with one attached hydrogen (secondary N) is 2. The first kappa shape index (κ1) is 17.5. The Balaban J connectivity index is 2.04. The molecule has 2 N–H and O–H groups in total. The zero-order valence-corrected chi connectivity index (χ0v) is 13.6. The molecular formula is C18H14ClFN2O2. The first-order chi connectivity index (χ1) is 11.5. The summed E-state index contributed by atoms with van der Waals surface area (Å²) in [6, 6.07) is 10.4. The van der Waals surface area contributed by atoms with Crippen molar-refractivity contribution in [1.82, 2.24) is 10.6 Å². The fourth-order valence-corrected chi connectivity index (χ4v) is 2.21. The van der Waals surface area contributed by atoms with Crippen LogP contribution in [0.5, 0.6) is 0 Å². The van der Waals surface area contributed by atoms with Gasteiger partial charge in [-0.3, -0.25) is 9.59 Å². The second kappa shape index (κ2) is 8.14. The number of carbonyl (C=O) groups excluding carboxylic acids is 2. The highest BCUT2D eigenvalue weighted by Gasteiger charge is 2.10. The van der Waals surface area contributed by atoms with E-state index >= 15 is 0 Å². The summed E-state index contributed by atoms with van der Waals surface area (Å²) in [5, 5.41) is 5.15. The van der Waals surface area contributed by atoms with Gasteiger partial charge in [-0.1, -0.05) is 35.6 Å². The topological polar surface area (TPSA) is 58.2 Å². The van der Waals surface area contributed by atoms with Crippen LogP contribution in [0.1, 0.15) is 26.3 Å². The van der Waals surface area contributed by atoms with Gasteiger partial charge in [-0.05, 0) is 30.3 Å². The monoisotopic (exact) mass is 344 g/mol. The standard InChI is InChI=1S/C18H14ClFN2O2/c1-21-17(23)14-7-3-2-5-12(14)6-4-10-22-18(24)15-9-8-13(20)11-16(15)19/h2-3,5,7-9,11H,10H2,1H3,(H,21,23)(H,22,24). The Morgan fingerprint density at radius 3 is 2.58 bits per heavy atom. The molecule has 2 aromatic carbocycles. The van der Waals surface area contributed by atoms with E-state index in [1.807, 2.05) is 0 Å². The van der Waals surface area contributed by atoms with Gasteiger partial charge in [0.2, 0.25) is 0 Å². The Kier molecular flexibility index (Phi) is 5.94. The molecule has 0 aliphatic carbocycles. The number of halogens is 2. The maximum atomic E-state index is 13.0. The lowest BCUT2D eigenvalue weighted by atomic mass is 10.1. The normalized spacial score (nSPS) is 9.62. The molecule has 24 heavy (non-hydrogen) atoms. The molecule has 0 saturated heterocycles. The maximum absolute atomic E-state index is 13.0. The van der Waals surface area contributed by atoms with E-state index in [0.29, 0.717) is 11.1 Å². The third kappa shape index (κ3) is 4.34. The molecule has 4 nitrogen and oxygen atoms in total. The predicted octanol–water partition coefficient (Wildman–Crippen LogP) is 2.62. The quantitative estimate of drug-likeness (QED) is 0.841. The average molecular weight is 345 g/mol. The van der Waals surface area contributed by atoms with Gasteiger partial charge in [0.25, 0.3) is 11.8 Å². The molecule has 122 valence electrons. The van der Waals surface area contributed by atoms with Crippen LogP contribution in [0.15, 0.2) is 42.5 Å². The van der Waals surface area contributed by atoms with Crippen LogP contribution in [-0.2, 0) is 0 Å². The first-order valence-corrected chi connectivity index (χ1v) is 7.44. The SMILES string of the molecule is CNC(=O)c1ccccc1C#CCNC(=O)c1ccc(F)cc1Cl. The molecule has 0 bridgehead atoms. The van der Waals surface area contributed by atoms with Crippen molar-refractivity contribution in [2.24, 2.45) is 0 Å². The largest absolute Gasteiger partial charge is 0.355 e. The van der Waals surface area contributed by atoms with Crippen LogP contribution in [0.3, 0.4) is 0 Å². The van der Waals surface area contributed by atoms with Gasteiger partial charge in [0, 0.05) is 12.6 Å². The number of hydrogen-bond acceptors (Lipinski definition) is 2. The highest BCUT2D eigenvalue weighted by Crippen LogP contribution is 2.16. The number of rotatable bonds is 3. The fourth-order valence-electron chi connectivity index (χ4n) is 1.96. The third-order valence-electron chi connectivity index (χ3n) is 3.13. The van der Waals surface area contributed by atoms with Crippen molar-refractivity contribution in [3.8, 4) is 11.8 Å². The molecule has 0 heterocycles. The second-order valence-corrected chi connectivity index (χ2v) is 5.14. The van der Waals surface area contributed by atoms with Crippen molar-refractivity contribution < 1.29 is 14.0 Å². The summed E-state index contributed by atoms with van der Waals surface area (Å²) < 4.78 is 13.0. The van der Waals surface area contributed by atoms with Crippen LogP contribution in [0.25, 0.3) is 0 Å². The Morgan fingerprint density at radius 1 is 1.12 bits per heavy atom. The van der Waals surface area contributed by atoms with Gasteiger partial charge in [-0.2, -0.15) is 0 Å². The molecule has 0 aliphatic rings. The molecule has 0 spiro atoms. The lowest BCUT2D eigenvalue weighted by molar-refractivity contribution is 0.0952. The smallest absolute Gasteiger partial charge is 0.253 e. The van der Waals surface area contributed by atoms with Crippen molar-refractivity contribution in [2.45, 2.75) is 0 Å². The third-order valence-corrected chi connectivity index (χ3v) is 3.45. The first-order valence-electron chi connectivity index (χ1n) is 7.06. The summed E-state index contributed by atoms with van der Waals surface area (Å²) >= 11 is 5.82. The van der Waals surface area contributed by atoms with E-state index in [4.69, 9.17) is 11.6 Å². The number of carbonyl (C=O) groups is 2. The Bertz CT molecular complexity index is 840. The van der Waals surface area contributed by atoms with E-state index in [1.54, 1.807) is 31.3 Å². The summed E-state index contributed by atoms with van der Waals surface area (Å²) in [6.07, 6.45) is 0. The summed E-state index contributed by atoms with van der Waals surface area (Å²) in [5.41, 5.74) is 1.19. The summed E-state index contributed by atoms with van der Waals surface area (Å²) in [4.78, 5) is 23.7. The molecule has 2 amide bonds. The minimum Gasteiger partial charge on any atom is -0.355 e. The minimum absolute atomic E-state index is 0.0328. The fraction of sp³-hybridized carbons (Fsp3) is 0.111. The molecule has 0 aliphatic heterocycles. The summed E-state index contributed by atoms with van der Waals surface area (Å²) in [5.74, 6) is 4.42. The van der Waals surface area contributed by atoms with Crippen LogP contribution in [0.4, 0.5) is 4.39 Å². The van der Waals surface area contributed by atoms with Crippen LogP contribution in [0, 0.1) is 17.7 Å². The lowest BCUT2D eigenvalue weighted by Crippen LogP contribution is -2.24. The van der Waals surface area contributed by atoms with E-state index in [1.165, 1.54) is 6.07 Å². The lowest BCUT2D eigenvalue weighted by Gasteiger charge is -2.04. The number of benzene rings is 2. The van der Waals surface area contributed by atoms with Gasteiger partial charge < -0.3 is 10.6 Å². The van der Waals surface area contributed by atoms with E-state index in [0.717, 1.165) is 12.1 Å². The Labute approximate surface area is 144 Å². The molecule has 0 fully saturated rings. The van der Waals surface area contributed by atoms with E-state index < -0.39 is 11.7 Å². The van der Waals surface area contributed by atoms with E-state index in [9.17, 15) is 14.0 Å². The number of hydrogen-bond donors (Lipinski definition) is 2. The molecule has 6 heteroatoms. The zero-order chi connectivity index (χ0) is 17.5. The highest BCUT2D eigenvalue weighted by atomic mass is 35.5. The van der Waals surface area contributed by atoms with Crippen LogP contribution in [-0.4, -0.2) is 25.4 Å². The molecule has 2 aromatic rings. The predicted molar refractivity (Wildman–Crippen MR) is 90.5 cm³/mol. The van der Waals surface area contributed by atoms with Gasteiger partial charge in [0.05, 0.1) is 22.7 Å². The van der Waals surface area contributed by atoms with Gasteiger partial charge in [0.15, 0.2) is 0 Å². The van der Waals surface area contributed by atoms with Crippen molar-refractivity contribution >= 4 is 23.4 Å². The zero-order valence-electron chi connectivity index (χ0n) is 12.8. The minimum atomic E-state index is -0.512. The molecule has 0 saturated carbocycles. The molecule has 0 aromatic heterocycles. The highest BCUT2D eigenvalue weighted by molar-refractivity contribution is 6.33. The van der Waals surface area contributed by atoms with Crippen LogP contribution < -0.4 is 10.6 Å². The van der Waals surface area contributed by atoms with Gasteiger partial charge in [-0.15, -0.1) is 0 Å². The van der Waals surface area contributed by atoms with E-state index in [2.05, 4.69) is 22.5 Å². The molecule has 0 unspecified atom stereocenters. The Morgan fingerprint density at radius 2 is 1.88 bits per heavy atom. The molecule has 0 radical (unpaired) electrons. The maximum Gasteiger partial charge on any atom is 0.253 e. The van der Waals surface area contributed by atoms with Crippen LogP contribution >= 0.6 is 11.6 Å². The molecular weight excluding hydrogens is 331 g/mol. The van der Waals surface area contributed by atoms with E-state index in [-0.39, 0.29) is 23.0 Å². The van der Waals surface area contributed by atoms with Crippen LogP contribution in [0.2, 0.25) is 5.02 Å². The molecule has 0 atom stereocenters. The van der Waals surface area contributed by atoms with Crippen molar-refractivity contribution in [1.29, 1.82) is 0 Å². The van der Waals surface area contributed by atoms with Gasteiger partial charge >= 0.3 is 0 Å². The molecule has 2 rings (SSSR count). The van der Waals surface area contributed by atoms with Crippen molar-refractivity contribution in [2.75, 3.05) is 13.6 Å². The van der Waals surface area contributed by atoms with Gasteiger partial charge in [-0.25, -0.2) is 4.39 Å². The summed E-state index contributed by atoms with van der Waals surface area (Å²) in [7, 11) is 1.54. The Hall–Kier alpha value is -2.84.